The van der Waals surface area contributed by atoms with E-state index in [0.29, 0.717) is 13.0 Å². The number of unbranched alkanes of at least 4 members (excludes halogenated alkanes) is 3. The van der Waals surface area contributed by atoms with E-state index >= 15 is 0 Å². The van der Waals surface area contributed by atoms with Crippen molar-refractivity contribution < 1.29 is 13.3 Å². The van der Waals surface area contributed by atoms with Crippen LogP contribution in [0.4, 0.5) is 11.6 Å². The Morgan fingerprint density at radius 2 is 1.83 bits per heavy atom. The molecule has 0 aliphatic carbocycles. The third-order valence-corrected chi connectivity index (χ3v) is 7.46. The zero-order valence-corrected chi connectivity index (χ0v) is 18.5. The minimum absolute atomic E-state index is 0.270. The third-order valence-electron chi connectivity index (χ3n) is 4.84. The lowest BCUT2D eigenvalue weighted by atomic mass is 10.2. The maximum absolute atomic E-state index is 12.7. The molecule has 0 amide bonds. The Kier molecular flexibility index (Phi) is 7.00. The molecule has 0 atom stereocenters. The summed E-state index contributed by atoms with van der Waals surface area (Å²) in [7, 11) is -0.454. The molecule has 2 aromatic heterocycles. The monoisotopic (exact) mass is 452 g/mol. The van der Waals surface area contributed by atoms with Crippen LogP contribution in [0, 0.1) is 10.1 Å². The fourth-order valence-electron chi connectivity index (χ4n) is 3.14. The third kappa shape index (κ3) is 4.77. The maximum Gasteiger partial charge on any atom is 0.289 e. The molecule has 1 aromatic carbocycles. The van der Waals surface area contributed by atoms with Gasteiger partial charge in [0.1, 0.15) is 0 Å². The number of nitro groups is 1. The van der Waals surface area contributed by atoms with Crippen molar-refractivity contribution in [1.82, 2.24) is 18.1 Å². The van der Waals surface area contributed by atoms with Crippen LogP contribution < -0.4 is 4.90 Å². The molecular formula is C18H24N6O4S2. The molecule has 3 rings (SSSR count). The smallest absolute Gasteiger partial charge is 0.289 e. The number of anilines is 1. The lowest BCUT2D eigenvalue weighted by Gasteiger charge is -2.18. The Balaban J connectivity index is 1.44. The number of hydrogen-bond donors (Lipinski definition) is 0. The van der Waals surface area contributed by atoms with Crippen LogP contribution in [-0.2, 0) is 10.0 Å². The fraction of sp³-hybridized carbons (Fsp3) is 0.444. The molecule has 12 heteroatoms. The van der Waals surface area contributed by atoms with Gasteiger partial charge in [0.25, 0.3) is 5.69 Å². The number of para-hydroxylation sites is 1. The molecule has 0 unspecified atom stereocenters. The van der Waals surface area contributed by atoms with E-state index in [-0.39, 0.29) is 4.90 Å². The molecule has 3 aromatic rings. The van der Waals surface area contributed by atoms with E-state index in [1.54, 1.807) is 6.20 Å². The quantitative estimate of drug-likeness (QED) is 0.249. The molecule has 0 spiro atoms. The molecule has 0 fully saturated rings. The summed E-state index contributed by atoms with van der Waals surface area (Å²) in [6, 6.07) is 5.42. The number of benzene rings is 1. The van der Waals surface area contributed by atoms with Gasteiger partial charge in [-0.25, -0.2) is 17.7 Å². The Labute approximate surface area is 179 Å². The molecule has 0 aliphatic heterocycles. The Morgan fingerprint density at radius 1 is 1.13 bits per heavy atom. The van der Waals surface area contributed by atoms with Gasteiger partial charge in [-0.3, -0.25) is 14.5 Å². The minimum atomic E-state index is -3.90. The lowest BCUT2D eigenvalue weighted by molar-refractivity contribution is -0.387. The first-order valence-corrected chi connectivity index (χ1v) is 11.7. The summed E-state index contributed by atoms with van der Waals surface area (Å²) in [5.74, 6) is 0.864. The highest BCUT2D eigenvalue weighted by atomic mass is 32.2. The largest absolute Gasteiger partial charge is 0.344 e. The fourth-order valence-corrected chi connectivity index (χ4v) is 5.23. The highest BCUT2D eigenvalue weighted by molar-refractivity contribution is 7.89. The van der Waals surface area contributed by atoms with E-state index in [2.05, 4.69) is 14.3 Å². The number of hydrogen-bond acceptors (Lipinski definition) is 8. The van der Waals surface area contributed by atoms with Crippen LogP contribution in [0.1, 0.15) is 25.7 Å². The summed E-state index contributed by atoms with van der Waals surface area (Å²) in [5.41, 5.74) is -0.401. The van der Waals surface area contributed by atoms with Gasteiger partial charge in [0.15, 0.2) is 4.90 Å². The molecule has 0 radical (unpaired) electrons. The van der Waals surface area contributed by atoms with Crippen LogP contribution in [-0.4, -0.2) is 58.6 Å². The normalized spacial score (nSPS) is 12.0. The van der Waals surface area contributed by atoms with E-state index in [1.807, 2.05) is 17.6 Å². The van der Waals surface area contributed by atoms with Crippen molar-refractivity contribution in [2.24, 2.45) is 0 Å². The van der Waals surface area contributed by atoms with Crippen molar-refractivity contribution in [2.45, 2.75) is 30.6 Å². The number of imidazole rings is 1. The number of fused-ring (bicyclic) bond motifs is 1. The van der Waals surface area contributed by atoms with Crippen molar-refractivity contribution in [2.75, 3.05) is 32.1 Å². The Hall–Kier alpha value is -2.57. The van der Waals surface area contributed by atoms with Gasteiger partial charge in [0.05, 0.1) is 4.92 Å². The van der Waals surface area contributed by atoms with Crippen molar-refractivity contribution in [3.63, 3.8) is 0 Å². The maximum atomic E-state index is 12.7. The molecule has 162 valence electrons. The van der Waals surface area contributed by atoms with Crippen molar-refractivity contribution >= 4 is 38.2 Å². The first-order chi connectivity index (χ1) is 14.3. The van der Waals surface area contributed by atoms with E-state index in [1.165, 1.54) is 47.2 Å². The zero-order chi connectivity index (χ0) is 21.7. The van der Waals surface area contributed by atoms with Gasteiger partial charge < -0.3 is 4.90 Å². The summed E-state index contributed by atoms with van der Waals surface area (Å²) in [4.78, 5) is 17.3. The predicted molar refractivity (Wildman–Crippen MR) is 116 cm³/mol. The molecule has 0 N–H and O–H groups in total. The van der Waals surface area contributed by atoms with Crippen LogP contribution in [0.2, 0.25) is 0 Å². The molecule has 2 heterocycles. The topological polar surface area (TPSA) is 114 Å². The van der Waals surface area contributed by atoms with E-state index in [9.17, 15) is 18.5 Å². The first kappa shape index (κ1) is 22.1. The van der Waals surface area contributed by atoms with Gasteiger partial charge in [0, 0.05) is 57.2 Å². The standard InChI is InChI=1S/C18H24N6O4S2/c1-21(17-20-29-18-19-11-14-23(17)18)12-7-3-4-8-13-22(2)30(27,28)16-10-6-5-9-15(16)24(25)26/h5-6,9-11,14H,3-4,7-8,12-13H2,1-2H3. The number of nitro benzene ring substituents is 1. The minimum Gasteiger partial charge on any atom is -0.344 e. The SMILES string of the molecule is CN(CCCCCCN(C)S(=O)(=O)c1ccccc1[N+](=O)[O-])c1nsc2nccn12. The number of sulfonamides is 1. The zero-order valence-electron chi connectivity index (χ0n) is 16.8. The second kappa shape index (κ2) is 9.49. The van der Waals surface area contributed by atoms with Gasteiger partial charge in [0.2, 0.25) is 20.9 Å². The van der Waals surface area contributed by atoms with Crippen LogP contribution in [0.5, 0.6) is 0 Å². The van der Waals surface area contributed by atoms with Gasteiger partial charge in [-0.2, -0.15) is 4.37 Å². The molecule has 0 bridgehead atoms. The number of rotatable bonds is 11. The second-order valence-electron chi connectivity index (χ2n) is 6.95. The highest BCUT2D eigenvalue weighted by Crippen LogP contribution is 2.25. The predicted octanol–water partition coefficient (Wildman–Crippen LogP) is 3.02. The molecular weight excluding hydrogens is 428 g/mol. The van der Waals surface area contributed by atoms with Gasteiger partial charge >= 0.3 is 0 Å². The molecule has 0 aliphatic rings. The summed E-state index contributed by atoms with van der Waals surface area (Å²) in [6.45, 7) is 1.15. The first-order valence-electron chi connectivity index (χ1n) is 9.52. The van der Waals surface area contributed by atoms with Crippen molar-refractivity contribution in [1.29, 1.82) is 0 Å². The highest BCUT2D eigenvalue weighted by Gasteiger charge is 2.28. The average molecular weight is 453 g/mol. The average Bonchev–Trinajstić information content (AvgIpc) is 3.34. The van der Waals surface area contributed by atoms with E-state index in [4.69, 9.17) is 0 Å². The van der Waals surface area contributed by atoms with Gasteiger partial charge in [-0.05, 0) is 18.9 Å². The number of nitrogens with zero attached hydrogens (tertiary/aromatic N) is 6. The van der Waals surface area contributed by atoms with E-state index in [0.717, 1.165) is 36.7 Å². The van der Waals surface area contributed by atoms with E-state index < -0.39 is 20.6 Å². The second-order valence-corrected chi connectivity index (χ2v) is 9.69. The summed E-state index contributed by atoms with van der Waals surface area (Å²) < 4.78 is 32.9. The van der Waals surface area contributed by atoms with Crippen LogP contribution in [0.3, 0.4) is 0 Å². The molecule has 0 saturated carbocycles. The van der Waals surface area contributed by atoms with Crippen LogP contribution in [0.25, 0.3) is 4.96 Å². The Bertz CT molecular complexity index is 1110. The van der Waals surface area contributed by atoms with Crippen molar-refractivity contribution in [3.05, 3.63) is 46.8 Å². The summed E-state index contributed by atoms with van der Waals surface area (Å²) in [6.07, 6.45) is 7.08. The molecule has 30 heavy (non-hydrogen) atoms. The Morgan fingerprint density at radius 3 is 2.57 bits per heavy atom. The lowest BCUT2D eigenvalue weighted by Crippen LogP contribution is -2.28. The van der Waals surface area contributed by atoms with Crippen LogP contribution >= 0.6 is 11.5 Å². The molecule has 10 nitrogen and oxygen atoms in total. The van der Waals surface area contributed by atoms with Crippen molar-refractivity contribution in [3.8, 4) is 0 Å². The summed E-state index contributed by atoms with van der Waals surface area (Å²) >= 11 is 1.36. The molecule has 0 saturated heterocycles. The summed E-state index contributed by atoms with van der Waals surface area (Å²) in [5, 5.41) is 11.1. The van der Waals surface area contributed by atoms with Gasteiger partial charge in [-0.1, -0.05) is 25.0 Å². The van der Waals surface area contributed by atoms with Gasteiger partial charge in [-0.15, -0.1) is 0 Å². The van der Waals surface area contributed by atoms with Crippen LogP contribution in [0.15, 0.2) is 41.6 Å². The number of aromatic nitrogens is 3.